The van der Waals surface area contributed by atoms with Gasteiger partial charge in [-0.15, -0.1) is 0 Å². The Morgan fingerprint density at radius 1 is 1.76 bits per heavy atom. The van der Waals surface area contributed by atoms with Crippen molar-refractivity contribution < 1.29 is 32.9 Å². The van der Waals surface area contributed by atoms with Gasteiger partial charge in [0.05, 0.1) is 14.2 Å². The van der Waals surface area contributed by atoms with Gasteiger partial charge in [0.1, 0.15) is 6.56 Å². The number of nitrogens with one attached hydrogen (secondary N) is 2. The van der Waals surface area contributed by atoms with Gasteiger partial charge in [-0.1, -0.05) is 6.04 Å². The smallest absolute Gasteiger partial charge is 0.407 e. The number of fused-ring (bicyclic) bond motifs is 1. The number of carbonyl (C=O) groups excluding carboxylic acids is 1. The van der Waals surface area contributed by atoms with Crippen LogP contribution in [0.2, 0.25) is 2.82 Å². The minimum absolute atomic E-state index is 0.0875. The zero-order valence-corrected chi connectivity index (χ0v) is 10.7. The summed E-state index contributed by atoms with van der Waals surface area (Å²) in [5, 5.41) is -1.27. The first kappa shape index (κ1) is 4.26. The maximum Gasteiger partial charge on any atom is 0.407 e. The number of cyclic esters (lactones) is 1. The number of carbonyl (C=O) groups is 1. The third kappa shape index (κ3) is 3.19. The molecule has 112 valence electrons. The average Bonchev–Trinajstić information content (AvgIpc) is 3.19. The Balaban J connectivity index is 2.45. The molecule has 2 aromatic rings. The molecule has 0 bridgehead atoms. The normalized spacial score (nSPS) is 39.0. The minimum Gasteiger partial charge on any atom is -0.447 e. The highest BCUT2D eigenvalue weighted by atomic mass is 16.6. The van der Waals surface area contributed by atoms with Crippen LogP contribution in [0.1, 0.15) is 31.7 Å². The van der Waals surface area contributed by atoms with Crippen LogP contribution in [0.3, 0.4) is 0 Å². The molecule has 1 aliphatic rings. The number of aromatic amines is 1. The Labute approximate surface area is 148 Å². The molecular formula is C16H21N3O2. The van der Waals surface area contributed by atoms with Crippen LogP contribution in [0, 0.1) is 0 Å². The van der Waals surface area contributed by atoms with Crippen molar-refractivity contribution in [2.24, 2.45) is 0 Å². The second-order valence-electron chi connectivity index (χ2n) is 4.00. The molecule has 3 rings (SSSR count). The minimum atomic E-state index is -3.65. The molecular weight excluding hydrogens is 266 g/mol. The SMILES string of the molecule is [2H]c1c(C([2H])([2H])[C@]2([2H])N([2H])C(=O)OC2([2H])[2H])c([2H])c2c(C([2H])([2H])C([2H])([2H])N(C)C([2H])([2H])[2H])cn([2H])c2c1[2H]. The molecule has 2 N–H and O–H groups in total. The van der Waals surface area contributed by atoms with Gasteiger partial charge in [-0.3, -0.25) is 0 Å². The van der Waals surface area contributed by atoms with Crippen LogP contribution in [0.25, 0.3) is 10.9 Å². The number of hydrogen-bond acceptors (Lipinski definition) is 3. The van der Waals surface area contributed by atoms with E-state index < -0.39 is 90.4 Å². The van der Waals surface area contributed by atoms with Crippen molar-refractivity contribution >= 4 is 17.0 Å². The first-order valence-electron chi connectivity index (χ1n) is 14.1. The zero-order valence-electron chi connectivity index (χ0n) is 27.7. The Morgan fingerprint density at radius 2 is 2.67 bits per heavy atom. The largest absolute Gasteiger partial charge is 0.447 e. The Hall–Kier alpha value is -2.01. The number of aryl methyl sites for hydroxylation is 1. The highest BCUT2D eigenvalue weighted by Crippen LogP contribution is 2.21. The fourth-order valence-electron chi connectivity index (χ4n) is 1.59. The van der Waals surface area contributed by atoms with Crippen LogP contribution in [0.4, 0.5) is 4.79 Å². The van der Waals surface area contributed by atoms with E-state index in [0.29, 0.717) is 11.2 Å². The van der Waals surface area contributed by atoms with Crippen molar-refractivity contribution in [2.45, 2.75) is 18.8 Å². The second-order valence-corrected chi connectivity index (χ2v) is 4.00. The molecule has 0 aliphatic carbocycles. The third-order valence-electron chi connectivity index (χ3n) is 2.42. The molecule has 1 aromatic carbocycles. The maximum atomic E-state index is 11.9. The first-order valence-corrected chi connectivity index (χ1v) is 5.72. The average molecular weight is 304 g/mol. The van der Waals surface area contributed by atoms with Gasteiger partial charge in [0.15, 0.2) is 2.82 Å². The van der Waals surface area contributed by atoms with E-state index in [2.05, 4.69) is 4.74 Å². The lowest BCUT2D eigenvalue weighted by molar-refractivity contribution is 0.177. The van der Waals surface area contributed by atoms with E-state index in [-0.39, 0.29) is 4.90 Å². The lowest BCUT2D eigenvalue weighted by Crippen LogP contribution is -2.28. The Morgan fingerprint density at radius 3 is 3.43 bits per heavy atom. The predicted octanol–water partition coefficient (Wildman–Crippen LogP) is 1.92. The summed E-state index contributed by atoms with van der Waals surface area (Å²) in [7, 11) is 0.764. The number of ether oxygens (including phenoxy) is 1. The highest BCUT2D eigenvalue weighted by Gasteiger charge is 2.22. The summed E-state index contributed by atoms with van der Waals surface area (Å²) < 4.78 is 142. The Kier molecular flexibility index (Phi) is 1.17. The zero-order chi connectivity index (χ0) is 29.8. The number of likely N-dealkylation sites (N-methyl/N-ethyl adjacent to an activating group) is 1. The number of H-pyrrole nitrogens is 1. The monoisotopic (exact) mass is 304 g/mol. The molecule has 5 heteroatoms. The Bertz CT molecular complexity index is 1320. The van der Waals surface area contributed by atoms with Crippen molar-refractivity contribution in [3.63, 3.8) is 0 Å². The topological polar surface area (TPSA) is 57.4 Å². The molecule has 0 unspecified atom stereocenters. The van der Waals surface area contributed by atoms with Crippen molar-refractivity contribution in [2.75, 3.05) is 27.1 Å². The van der Waals surface area contributed by atoms with Gasteiger partial charge < -0.3 is 19.9 Å². The van der Waals surface area contributed by atoms with Gasteiger partial charge in [-0.05, 0) is 50.0 Å². The number of hydrogen-bond donors (Lipinski definition) is 2. The van der Waals surface area contributed by atoms with Crippen molar-refractivity contribution in [3.8, 4) is 0 Å². The molecule has 21 heavy (non-hydrogen) atoms. The second kappa shape index (κ2) is 5.77. The standard InChI is InChI=1S/C16H21N3O2/c1-19(2)6-5-12-9-17-15-4-3-11(8-14(12)15)7-13-10-21-16(20)18-13/h3-4,8-9,13,17H,5-7,10H2,1-2H3,(H,18,20)/t13-/m0/s1/i1D3,3D,4D,5D2,6D2,7D2,8D,10D2,13D/hD2. The van der Waals surface area contributed by atoms with Crippen LogP contribution >= 0.6 is 0 Å². The third-order valence-corrected chi connectivity index (χ3v) is 2.42. The van der Waals surface area contributed by atoms with Crippen LogP contribution < -0.4 is 5.31 Å². The molecule has 1 aliphatic heterocycles. The summed E-state index contributed by atoms with van der Waals surface area (Å²) in [6.07, 6.45) is -8.13. The van der Waals surface area contributed by atoms with Gasteiger partial charge in [-0.25, -0.2) is 4.79 Å². The van der Waals surface area contributed by atoms with Gasteiger partial charge >= 0.3 is 6.09 Å². The van der Waals surface area contributed by atoms with Crippen molar-refractivity contribution in [3.05, 3.63) is 35.5 Å². The van der Waals surface area contributed by atoms with Gasteiger partial charge in [0.25, 0.3) is 0 Å². The first-order chi connectivity index (χ1) is 16.8. The van der Waals surface area contributed by atoms with E-state index in [1.807, 2.05) is 0 Å². The van der Waals surface area contributed by atoms with E-state index in [4.69, 9.17) is 23.4 Å². The van der Waals surface area contributed by atoms with E-state index >= 15 is 0 Å². The molecule has 1 amide bonds. The fourth-order valence-corrected chi connectivity index (χ4v) is 1.59. The molecule has 0 saturated carbocycles. The molecule has 1 aromatic heterocycles. The van der Waals surface area contributed by atoms with Gasteiger partial charge in [-0.2, -0.15) is 0 Å². The molecule has 1 atom stereocenters. The number of nitrogens with zero attached hydrogens (tertiary/aromatic N) is 1. The molecule has 0 radical (unpaired) electrons. The van der Waals surface area contributed by atoms with Crippen LogP contribution in [0.5, 0.6) is 0 Å². The lowest BCUT2D eigenvalue weighted by Gasteiger charge is -2.09. The van der Waals surface area contributed by atoms with Crippen molar-refractivity contribution in [1.29, 1.82) is 0 Å². The van der Waals surface area contributed by atoms with E-state index in [1.165, 1.54) is 0 Å². The number of benzene rings is 1. The van der Waals surface area contributed by atoms with Crippen molar-refractivity contribution in [1.82, 2.24) is 15.2 Å². The van der Waals surface area contributed by atoms with E-state index in [9.17, 15) is 4.79 Å². The molecule has 5 nitrogen and oxygen atoms in total. The maximum absolute atomic E-state index is 11.9. The van der Waals surface area contributed by atoms with E-state index in [0.717, 1.165) is 7.05 Å². The number of amides is 1. The molecule has 2 heterocycles. The fraction of sp³-hybridized carbons (Fsp3) is 0.438. The molecule has 0 spiro atoms. The summed E-state index contributed by atoms with van der Waals surface area (Å²) in [6.45, 7) is -10.0. The van der Waals surface area contributed by atoms with Crippen LogP contribution in [-0.4, -0.2) is 49.1 Å². The summed E-state index contributed by atoms with van der Waals surface area (Å²) in [4.78, 5) is 12.3. The van der Waals surface area contributed by atoms with Crippen LogP contribution in [0.15, 0.2) is 24.3 Å². The quantitative estimate of drug-likeness (QED) is 0.887. The highest BCUT2D eigenvalue weighted by molar-refractivity contribution is 5.84. The lowest BCUT2D eigenvalue weighted by atomic mass is 10.0. The van der Waals surface area contributed by atoms with E-state index in [1.54, 1.807) is 0 Å². The summed E-state index contributed by atoms with van der Waals surface area (Å²) in [5.41, 5.74) is -2.77. The summed E-state index contributed by atoms with van der Waals surface area (Å²) >= 11 is 0. The number of rotatable bonds is 5. The molecule has 1 saturated heterocycles. The van der Waals surface area contributed by atoms with Gasteiger partial charge in [0, 0.05) is 35.9 Å². The molecule has 1 fully saturated rings. The number of aromatic nitrogens is 1. The summed E-state index contributed by atoms with van der Waals surface area (Å²) in [6, 6.07) is -6.90. The van der Waals surface area contributed by atoms with Crippen LogP contribution in [-0.2, 0) is 17.5 Å². The summed E-state index contributed by atoms with van der Waals surface area (Å²) in [5.74, 6) is 0. The number of alkyl carbamates (subject to hydrolysis) is 1. The predicted molar refractivity (Wildman–Crippen MR) is 82.5 cm³/mol. The van der Waals surface area contributed by atoms with Gasteiger partial charge in [0.2, 0.25) is 0 Å².